The van der Waals surface area contributed by atoms with Crippen molar-refractivity contribution in [3.63, 3.8) is 0 Å². The van der Waals surface area contributed by atoms with Crippen LogP contribution in [0.15, 0.2) is 53.4 Å². The van der Waals surface area contributed by atoms with Gasteiger partial charge in [0.1, 0.15) is 12.4 Å². The fourth-order valence-electron chi connectivity index (χ4n) is 3.18. The van der Waals surface area contributed by atoms with E-state index in [-0.39, 0.29) is 16.9 Å². The van der Waals surface area contributed by atoms with Crippen molar-refractivity contribution < 1.29 is 27.5 Å². The molecule has 33 heavy (non-hydrogen) atoms. The van der Waals surface area contributed by atoms with Crippen LogP contribution in [0.3, 0.4) is 0 Å². The van der Waals surface area contributed by atoms with E-state index in [9.17, 15) is 18.0 Å². The lowest BCUT2D eigenvalue weighted by Gasteiger charge is -2.12. The number of ether oxygens (including phenoxy) is 2. The van der Waals surface area contributed by atoms with Gasteiger partial charge < -0.3 is 20.1 Å². The average molecular weight is 476 g/mol. The van der Waals surface area contributed by atoms with Crippen molar-refractivity contribution in [1.82, 2.24) is 10.0 Å². The molecule has 0 aliphatic carbocycles. The Morgan fingerprint density at radius 1 is 1.09 bits per heavy atom. The first-order valence-electron chi connectivity index (χ1n) is 10.9. The topological polar surface area (TPSA) is 123 Å². The van der Waals surface area contributed by atoms with E-state index in [1.165, 1.54) is 24.3 Å². The number of nitrogens with one attached hydrogen (secondary N) is 3. The van der Waals surface area contributed by atoms with Gasteiger partial charge in [0.15, 0.2) is 0 Å². The van der Waals surface area contributed by atoms with Crippen LogP contribution in [0.4, 0.5) is 10.5 Å². The minimum Gasteiger partial charge on any atom is -0.491 e. The molecule has 1 heterocycles. The van der Waals surface area contributed by atoms with Gasteiger partial charge >= 0.3 is 6.03 Å². The van der Waals surface area contributed by atoms with Gasteiger partial charge in [0.05, 0.1) is 11.0 Å². The number of sulfonamides is 1. The molecular weight excluding hydrogens is 446 g/mol. The van der Waals surface area contributed by atoms with Crippen LogP contribution >= 0.6 is 0 Å². The van der Waals surface area contributed by atoms with Crippen LogP contribution < -0.4 is 20.1 Å². The summed E-state index contributed by atoms with van der Waals surface area (Å²) in [5, 5.41) is 5.20. The maximum atomic E-state index is 12.5. The van der Waals surface area contributed by atoms with Gasteiger partial charge in [-0.05, 0) is 67.8 Å². The summed E-state index contributed by atoms with van der Waals surface area (Å²) in [6.07, 6.45) is 3.79. The Morgan fingerprint density at radius 2 is 1.82 bits per heavy atom. The van der Waals surface area contributed by atoms with Gasteiger partial charge in [0.25, 0.3) is 15.9 Å². The second-order valence-corrected chi connectivity index (χ2v) is 9.35. The first-order chi connectivity index (χ1) is 15.9. The van der Waals surface area contributed by atoms with Gasteiger partial charge in [0, 0.05) is 24.4 Å². The third-order valence-corrected chi connectivity index (χ3v) is 6.39. The van der Waals surface area contributed by atoms with Crippen LogP contribution in [0.25, 0.3) is 0 Å². The quantitative estimate of drug-likeness (QED) is 0.453. The van der Waals surface area contributed by atoms with E-state index >= 15 is 0 Å². The van der Waals surface area contributed by atoms with Crippen LogP contribution in [0.2, 0.25) is 0 Å². The highest BCUT2D eigenvalue weighted by Gasteiger charge is 2.18. The Balaban J connectivity index is 1.52. The molecule has 1 aliphatic rings. The van der Waals surface area contributed by atoms with Gasteiger partial charge in [-0.15, -0.1) is 0 Å². The van der Waals surface area contributed by atoms with Crippen molar-refractivity contribution in [1.29, 1.82) is 0 Å². The van der Waals surface area contributed by atoms with Gasteiger partial charge in [-0.2, -0.15) is 0 Å². The molecule has 0 spiro atoms. The molecule has 0 saturated carbocycles. The summed E-state index contributed by atoms with van der Waals surface area (Å²) < 4.78 is 37.8. The van der Waals surface area contributed by atoms with E-state index in [0.717, 1.165) is 32.3 Å². The SMILES string of the molecule is CCCCNC(=O)NS(=O)(=O)c1ccc(NC(=O)c2ccc(OCC3CCCO3)cc2)cc1. The second-order valence-electron chi connectivity index (χ2n) is 7.66. The molecular formula is C23H29N3O6S. The van der Waals surface area contributed by atoms with Crippen molar-refractivity contribution in [2.75, 3.05) is 25.1 Å². The summed E-state index contributed by atoms with van der Waals surface area (Å²) in [6, 6.07) is 11.5. The Kier molecular flexibility index (Phi) is 8.67. The van der Waals surface area contributed by atoms with E-state index < -0.39 is 16.1 Å². The summed E-state index contributed by atoms with van der Waals surface area (Å²) in [7, 11) is -4.01. The highest BCUT2D eigenvalue weighted by atomic mass is 32.2. The number of hydrogen-bond acceptors (Lipinski definition) is 6. The monoisotopic (exact) mass is 475 g/mol. The summed E-state index contributed by atoms with van der Waals surface area (Å²) in [5.41, 5.74) is 0.853. The van der Waals surface area contributed by atoms with Crippen LogP contribution in [0, 0.1) is 0 Å². The van der Waals surface area contributed by atoms with Crippen molar-refractivity contribution in [3.05, 3.63) is 54.1 Å². The molecule has 0 radical (unpaired) electrons. The summed E-state index contributed by atoms with van der Waals surface area (Å²) >= 11 is 0. The molecule has 1 fully saturated rings. The number of anilines is 1. The molecule has 3 rings (SSSR count). The lowest BCUT2D eigenvalue weighted by molar-refractivity contribution is 0.0679. The molecule has 9 nitrogen and oxygen atoms in total. The first kappa shape index (κ1) is 24.5. The average Bonchev–Trinajstić information content (AvgIpc) is 3.32. The summed E-state index contributed by atoms with van der Waals surface area (Å²) in [5.74, 6) is 0.313. The lowest BCUT2D eigenvalue weighted by Crippen LogP contribution is -2.39. The van der Waals surface area contributed by atoms with Crippen molar-refractivity contribution in [2.45, 2.75) is 43.6 Å². The van der Waals surface area contributed by atoms with Crippen LogP contribution in [-0.2, 0) is 14.8 Å². The van der Waals surface area contributed by atoms with E-state index in [1.54, 1.807) is 24.3 Å². The highest BCUT2D eigenvalue weighted by molar-refractivity contribution is 7.90. The summed E-state index contributed by atoms with van der Waals surface area (Å²) in [6.45, 7) is 3.61. The molecule has 0 bridgehead atoms. The number of carbonyl (C=O) groups excluding carboxylic acids is 2. The molecule has 3 amide bonds. The zero-order chi connectivity index (χ0) is 23.7. The van der Waals surface area contributed by atoms with E-state index in [0.29, 0.717) is 30.2 Å². The van der Waals surface area contributed by atoms with Crippen molar-refractivity contribution in [3.8, 4) is 5.75 Å². The molecule has 1 saturated heterocycles. The molecule has 1 atom stereocenters. The van der Waals surface area contributed by atoms with Gasteiger partial charge in [-0.1, -0.05) is 13.3 Å². The van der Waals surface area contributed by atoms with Crippen LogP contribution in [-0.4, -0.2) is 46.2 Å². The van der Waals surface area contributed by atoms with E-state index in [2.05, 4.69) is 10.6 Å². The Labute approximate surface area is 193 Å². The van der Waals surface area contributed by atoms with E-state index in [4.69, 9.17) is 9.47 Å². The van der Waals surface area contributed by atoms with E-state index in [1.807, 2.05) is 11.6 Å². The molecule has 3 N–H and O–H groups in total. The third-order valence-electron chi connectivity index (χ3n) is 5.04. The Bertz CT molecular complexity index is 1030. The van der Waals surface area contributed by atoms with Crippen molar-refractivity contribution in [2.24, 2.45) is 0 Å². The van der Waals surface area contributed by atoms with Crippen molar-refractivity contribution >= 4 is 27.6 Å². The maximum absolute atomic E-state index is 12.5. The second kappa shape index (κ2) is 11.7. The third kappa shape index (κ3) is 7.47. The fourth-order valence-corrected chi connectivity index (χ4v) is 4.11. The van der Waals surface area contributed by atoms with Gasteiger partial charge in [0.2, 0.25) is 0 Å². The smallest absolute Gasteiger partial charge is 0.328 e. The first-order valence-corrected chi connectivity index (χ1v) is 12.4. The van der Waals surface area contributed by atoms with Crippen LogP contribution in [0.1, 0.15) is 43.0 Å². The molecule has 178 valence electrons. The molecule has 0 aromatic heterocycles. The molecule has 1 aliphatic heterocycles. The van der Waals surface area contributed by atoms with Gasteiger partial charge in [-0.3, -0.25) is 4.79 Å². The fraction of sp³-hybridized carbons (Fsp3) is 0.391. The number of amides is 3. The standard InChI is InChI=1S/C23H29N3O6S/c1-2-3-14-24-23(28)26-33(29,30)21-12-8-18(9-13-21)25-22(27)17-6-10-19(11-7-17)32-16-20-5-4-15-31-20/h6-13,20H,2-5,14-16H2,1H3,(H,25,27)(H2,24,26,28). The Hall–Kier alpha value is -3.11. The number of rotatable bonds is 10. The molecule has 1 unspecified atom stereocenters. The Morgan fingerprint density at radius 3 is 2.45 bits per heavy atom. The number of carbonyl (C=O) groups is 2. The minimum absolute atomic E-state index is 0.0844. The number of unbranched alkanes of at least 4 members (excludes halogenated alkanes) is 1. The largest absolute Gasteiger partial charge is 0.491 e. The van der Waals surface area contributed by atoms with Crippen LogP contribution in [0.5, 0.6) is 5.75 Å². The normalized spacial score (nSPS) is 15.6. The molecule has 2 aromatic rings. The predicted octanol–water partition coefficient (Wildman–Crippen LogP) is 3.28. The zero-order valence-electron chi connectivity index (χ0n) is 18.5. The molecule has 2 aromatic carbocycles. The summed E-state index contributed by atoms with van der Waals surface area (Å²) in [4.78, 5) is 24.1. The van der Waals surface area contributed by atoms with Gasteiger partial charge in [-0.25, -0.2) is 17.9 Å². The maximum Gasteiger partial charge on any atom is 0.328 e. The number of benzene rings is 2. The molecule has 10 heteroatoms. The zero-order valence-corrected chi connectivity index (χ0v) is 19.3. The predicted molar refractivity (Wildman–Crippen MR) is 124 cm³/mol. The number of hydrogen-bond donors (Lipinski definition) is 3. The highest BCUT2D eigenvalue weighted by Crippen LogP contribution is 2.18. The lowest BCUT2D eigenvalue weighted by atomic mass is 10.2. The minimum atomic E-state index is -4.01. The number of urea groups is 1.